The number of hydrogen-bond donors (Lipinski definition) is 1. The Balaban J connectivity index is 2.47. The maximum absolute atomic E-state index is 11.3. The molecule has 0 atom stereocenters. The summed E-state index contributed by atoms with van der Waals surface area (Å²) in [4.78, 5) is 11.3. The zero-order valence-corrected chi connectivity index (χ0v) is 9.78. The molecule has 1 aromatic carbocycles. The maximum Gasteiger partial charge on any atom is 0.439 e. The van der Waals surface area contributed by atoms with E-state index in [4.69, 9.17) is 16.3 Å². The largest absolute Gasteiger partial charge is 0.439 e. The maximum atomic E-state index is 11.3. The van der Waals surface area contributed by atoms with Crippen LogP contribution >= 0.6 is 11.6 Å². The summed E-state index contributed by atoms with van der Waals surface area (Å²) in [7, 11) is 0. The average Bonchev–Trinajstić information content (AvgIpc) is 2.29. The molecule has 0 radical (unpaired) electrons. The highest BCUT2D eigenvalue weighted by molar-refractivity contribution is 6.30. The van der Waals surface area contributed by atoms with E-state index in [0.29, 0.717) is 15.8 Å². The summed E-state index contributed by atoms with van der Waals surface area (Å²) in [5.74, 6) is 0.352. The molecule has 16 heavy (non-hydrogen) atoms. The molecule has 1 aromatic rings. The number of hydrogen-bond acceptors (Lipinski definition) is 3. The number of hydroxylamine groups is 2. The van der Waals surface area contributed by atoms with Gasteiger partial charge in [-0.25, -0.2) is 4.79 Å². The van der Waals surface area contributed by atoms with E-state index >= 15 is 0 Å². The van der Waals surface area contributed by atoms with Crippen LogP contribution in [-0.2, 0) is 0 Å². The van der Waals surface area contributed by atoms with Crippen molar-refractivity contribution in [3.05, 3.63) is 29.3 Å². The van der Waals surface area contributed by atoms with Gasteiger partial charge in [0.25, 0.3) is 0 Å². The van der Waals surface area contributed by atoms with Gasteiger partial charge in [0.15, 0.2) is 0 Å². The first kappa shape index (κ1) is 12.8. The topological polar surface area (TPSA) is 49.8 Å². The second kappa shape index (κ2) is 6.35. The van der Waals surface area contributed by atoms with Crippen molar-refractivity contribution in [1.29, 1.82) is 0 Å². The van der Waals surface area contributed by atoms with Gasteiger partial charge in [-0.05, 0) is 30.7 Å². The van der Waals surface area contributed by atoms with Gasteiger partial charge in [-0.3, -0.25) is 5.21 Å². The van der Waals surface area contributed by atoms with E-state index in [1.807, 2.05) is 6.92 Å². The lowest BCUT2D eigenvalue weighted by atomic mass is 10.3. The van der Waals surface area contributed by atoms with Crippen LogP contribution < -0.4 is 4.74 Å². The number of benzene rings is 1. The molecular weight excluding hydrogens is 230 g/mol. The quantitative estimate of drug-likeness (QED) is 0.652. The third-order valence-electron chi connectivity index (χ3n) is 1.95. The predicted molar refractivity (Wildman–Crippen MR) is 60.9 cm³/mol. The van der Waals surface area contributed by atoms with E-state index in [0.717, 1.165) is 12.8 Å². The van der Waals surface area contributed by atoms with E-state index in [-0.39, 0.29) is 6.54 Å². The van der Waals surface area contributed by atoms with Crippen LogP contribution in [0.1, 0.15) is 19.8 Å². The Labute approximate surface area is 99.3 Å². The van der Waals surface area contributed by atoms with Gasteiger partial charge in [0.1, 0.15) is 5.75 Å². The molecule has 0 saturated carbocycles. The Morgan fingerprint density at radius 3 is 2.62 bits per heavy atom. The third kappa shape index (κ3) is 4.08. The van der Waals surface area contributed by atoms with Gasteiger partial charge >= 0.3 is 6.09 Å². The molecule has 0 unspecified atom stereocenters. The Morgan fingerprint density at radius 2 is 2.06 bits per heavy atom. The number of rotatable bonds is 4. The van der Waals surface area contributed by atoms with Crippen molar-refractivity contribution < 1.29 is 14.7 Å². The normalized spacial score (nSPS) is 9.94. The molecule has 88 valence electrons. The van der Waals surface area contributed by atoms with Crippen molar-refractivity contribution in [1.82, 2.24) is 5.06 Å². The standard InChI is InChI=1S/C11H14ClNO3/c1-2-3-8-13(15)11(14)16-10-6-4-9(12)5-7-10/h4-7,15H,2-3,8H2,1H3. The van der Waals surface area contributed by atoms with Crippen molar-refractivity contribution >= 4 is 17.7 Å². The first-order valence-corrected chi connectivity index (χ1v) is 5.45. The molecule has 0 aliphatic heterocycles. The van der Waals surface area contributed by atoms with Crippen molar-refractivity contribution in [2.45, 2.75) is 19.8 Å². The third-order valence-corrected chi connectivity index (χ3v) is 2.20. The van der Waals surface area contributed by atoms with Gasteiger partial charge in [-0.2, -0.15) is 5.06 Å². The fraction of sp³-hybridized carbons (Fsp3) is 0.364. The summed E-state index contributed by atoms with van der Waals surface area (Å²) in [5, 5.41) is 10.4. The summed E-state index contributed by atoms with van der Waals surface area (Å²) in [5.41, 5.74) is 0. The second-order valence-corrected chi connectivity index (χ2v) is 3.74. The number of halogens is 1. The molecule has 5 heteroatoms. The van der Waals surface area contributed by atoms with Crippen LogP contribution in [0.3, 0.4) is 0 Å². The molecule has 0 aliphatic rings. The van der Waals surface area contributed by atoms with Gasteiger partial charge in [0, 0.05) is 5.02 Å². The highest BCUT2D eigenvalue weighted by Gasteiger charge is 2.12. The molecule has 0 fully saturated rings. The highest BCUT2D eigenvalue weighted by Crippen LogP contribution is 2.16. The lowest BCUT2D eigenvalue weighted by Gasteiger charge is -2.13. The number of unbranched alkanes of at least 4 members (excludes halogenated alkanes) is 1. The van der Waals surface area contributed by atoms with Gasteiger partial charge in [-0.1, -0.05) is 24.9 Å². The fourth-order valence-corrected chi connectivity index (χ4v) is 1.18. The van der Waals surface area contributed by atoms with Crippen molar-refractivity contribution in [3.8, 4) is 5.75 Å². The van der Waals surface area contributed by atoms with Crippen molar-refractivity contribution in [3.63, 3.8) is 0 Å². The van der Waals surface area contributed by atoms with E-state index < -0.39 is 6.09 Å². The fourth-order valence-electron chi connectivity index (χ4n) is 1.06. The van der Waals surface area contributed by atoms with Crippen LogP contribution in [0.4, 0.5) is 4.79 Å². The van der Waals surface area contributed by atoms with Crippen molar-refractivity contribution in [2.75, 3.05) is 6.54 Å². The molecule has 0 aromatic heterocycles. The highest BCUT2D eigenvalue weighted by atomic mass is 35.5. The van der Waals surface area contributed by atoms with Crippen LogP contribution in [0.25, 0.3) is 0 Å². The first-order chi connectivity index (χ1) is 7.63. The second-order valence-electron chi connectivity index (χ2n) is 3.30. The molecular formula is C11H14ClNO3. The van der Waals surface area contributed by atoms with Crippen LogP contribution in [-0.4, -0.2) is 22.9 Å². The summed E-state index contributed by atoms with van der Waals surface area (Å²) < 4.78 is 4.91. The smallest absolute Gasteiger partial charge is 0.409 e. The molecule has 0 heterocycles. The van der Waals surface area contributed by atoms with E-state index in [9.17, 15) is 10.0 Å². The van der Waals surface area contributed by atoms with Crippen LogP contribution in [0.15, 0.2) is 24.3 Å². The minimum atomic E-state index is -0.782. The molecule has 4 nitrogen and oxygen atoms in total. The number of carbonyl (C=O) groups excluding carboxylic acids is 1. The molecule has 0 saturated heterocycles. The number of nitrogens with zero attached hydrogens (tertiary/aromatic N) is 1. The molecule has 1 amide bonds. The monoisotopic (exact) mass is 243 g/mol. The summed E-state index contributed by atoms with van der Waals surface area (Å²) >= 11 is 5.68. The SMILES string of the molecule is CCCCN(O)C(=O)Oc1ccc(Cl)cc1. The first-order valence-electron chi connectivity index (χ1n) is 5.07. The minimum Gasteiger partial charge on any atom is -0.409 e. The van der Waals surface area contributed by atoms with E-state index in [1.54, 1.807) is 24.3 Å². The zero-order valence-electron chi connectivity index (χ0n) is 9.02. The molecule has 1 N–H and O–H groups in total. The summed E-state index contributed by atoms with van der Waals surface area (Å²) in [6.45, 7) is 2.24. The Morgan fingerprint density at radius 1 is 1.44 bits per heavy atom. The van der Waals surface area contributed by atoms with Crippen molar-refractivity contribution in [2.24, 2.45) is 0 Å². The van der Waals surface area contributed by atoms with Gasteiger partial charge in [-0.15, -0.1) is 0 Å². The van der Waals surface area contributed by atoms with E-state index in [2.05, 4.69) is 0 Å². The molecule has 0 spiro atoms. The lowest BCUT2D eigenvalue weighted by molar-refractivity contribution is -0.0608. The Hall–Kier alpha value is -1.26. The number of amides is 1. The van der Waals surface area contributed by atoms with Gasteiger partial charge in [0.2, 0.25) is 0 Å². The van der Waals surface area contributed by atoms with Gasteiger partial charge < -0.3 is 4.74 Å². The van der Waals surface area contributed by atoms with Crippen LogP contribution in [0, 0.1) is 0 Å². The predicted octanol–water partition coefficient (Wildman–Crippen LogP) is 3.33. The molecule has 0 bridgehead atoms. The Bertz CT molecular complexity index is 340. The minimum absolute atomic E-state index is 0.267. The van der Waals surface area contributed by atoms with E-state index in [1.165, 1.54) is 0 Å². The average molecular weight is 244 g/mol. The number of ether oxygens (including phenoxy) is 1. The summed E-state index contributed by atoms with van der Waals surface area (Å²) in [6.07, 6.45) is 0.841. The lowest BCUT2D eigenvalue weighted by Crippen LogP contribution is -2.31. The van der Waals surface area contributed by atoms with Crippen LogP contribution in [0.2, 0.25) is 5.02 Å². The van der Waals surface area contributed by atoms with Crippen LogP contribution in [0.5, 0.6) is 5.75 Å². The summed E-state index contributed by atoms with van der Waals surface area (Å²) in [6, 6.07) is 6.34. The number of carbonyl (C=O) groups is 1. The zero-order chi connectivity index (χ0) is 12.0. The molecule has 0 aliphatic carbocycles. The Kier molecular flexibility index (Phi) is 5.08. The molecule has 1 rings (SSSR count). The van der Waals surface area contributed by atoms with Gasteiger partial charge in [0.05, 0.1) is 6.54 Å².